The van der Waals surface area contributed by atoms with Gasteiger partial charge in [0.15, 0.2) is 0 Å². The largest absolute Gasteiger partial charge is 0.478 e. The highest BCUT2D eigenvalue weighted by Gasteiger charge is 2.10. The minimum Gasteiger partial charge on any atom is -0.478 e. The third kappa shape index (κ3) is 3.46. The van der Waals surface area contributed by atoms with Gasteiger partial charge in [-0.15, -0.1) is 0 Å². The van der Waals surface area contributed by atoms with Crippen molar-refractivity contribution in [2.24, 2.45) is 0 Å². The highest BCUT2D eigenvalue weighted by molar-refractivity contribution is 8.00. The first-order chi connectivity index (χ1) is 5.29. The number of carboxylic acid groups (broad SMARTS) is 1. The molecule has 1 N–H and O–H groups in total. The molecule has 1 aliphatic rings. The molecule has 1 rings (SSSR count). The molecule has 0 aromatic heterocycles. The predicted octanol–water partition coefficient (Wildman–Crippen LogP) is 1.91. The average Bonchev–Trinajstić information content (AvgIpc) is 2.03. The zero-order valence-electron chi connectivity index (χ0n) is 6.32. The molecule has 1 aliphatic heterocycles. The number of carbonyl (C=O) groups is 1. The summed E-state index contributed by atoms with van der Waals surface area (Å²) in [5.41, 5.74) is 0. The molecule has 1 saturated heterocycles. The number of aliphatic carboxylic acids is 1. The van der Waals surface area contributed by atoms with Crippen molar-refractivity contribution in [3.8, 4) is 0 Å². The van der Waals surface area contributed by atoms with Crippen molar-refractivity contribution in [3.63, 3.8) is 0 Å². The lowest BCUT2D eigenvalue weighted by Crippen LogP contribution is -2.06. The standard InChI is InChI=1S/C8H12O2S/c9-8(10)5-4-7-3-1-2-6-11-7/h4-5,7H,1-3,6H2,(H,9,10)/b5-4-. The Morgan fingerprint density at radius 1 is 1.55 bits per heavy atom. The Hall–Kier alpha value is -0.440. The van der Waals surface area contributed by atoms with Gasteiger partial charge in [-0.3, -0.25) is 0 Å². The van der Waals surface area contributed by atoms with Gasteiger partial charge < -0.3 is 5.11 Å². The molecule has 1 atom stereocenters. The third-order valence-corrected chi connectivity index (χ3v) is 3.01. The average molecular weight is 172 g/mol. The Labute approximate surface area is 70.7 Å². The molecule has 1 heterocycles. The van der Waals surface area contributed by atoms with Crippen molar-refractivity contribution in [1.82, 2.24) is 0 Å². The zero-order valence-corrected chi connectivity index (χ0v) is 7.14. The van der Waals surface area contributed by atoms with Gasteiger partial charge in [-0.25, -0.2) is 4.79 Å². The fourth-order valence-electron chi connectivity index (χ4n) is 1.11. The zero-order chi connectivity index (χ0) is 8.10. The SMILES string of the molecule is O=C(O)/C=C\C1CCCCS1. The smallest absolute Gasteiger partial charge is 0.328 e. The molecule has 0 aliphatic carbocycles. The normalized spacial score (nSPS) is 25.6. The maximum Gasteiger partial charge on any atom is 0.328 e. The van der Waals surface area contributed by atoms with E-state index in [0.29, 0.717) is 5.25 Å². The molecule has 11 heavy (non-hydrogen) atoms. The van der Waals surface area contributed by atoms with Crippen LogP contribution >= 0.6 is 11.8 Å². The van der Waals surface area contributed by atoms with Crippen molar-refractivity contribution >= 4 is 17.7 Å². The Morgan fingerprint density at radius 3 is 2.91 bits per heavy atom. The van der Waals surface area contributed by atoms with Gasteiger partial charge in [0.25, 0.3) is 0 Å². The second-order valence-electron chi connectivity index (χ2n) is 2.60. The predicted molar refractivity (Wildman–Crippen MR) is 46.9 cm³/mol. The van der Waals surface area contributed by atoms with E-state index >= 15 is 0 Å². The van der Waals surface area contributed by atoms with Gasteiger partial charge >= 0.3 is 5.97 Å². The van der Waals surface area contributed by atoms with E-state index < -0.39 is 5.97 Å². The molecule has 0 aromatic carbocycles. The van der Waals surface area contributed by atoms with Crippen molar-refractivity contribution in [1.29, 1.82) is 0 Å². The summed E-state index contributed by atoms with van der Waals surface area (Å²) >= 11 is 1.86. The molecule has 0 spiro atoms. The quantitative estimate of drug-likeness (QED) is 0.646. The van der Waals surface area contributed by atoms with Crippen molar-refractivity contribution in [2.45, 2.75) is 24.5 Å². The number of thioether (sulfide) groups is 1. The summed E-state index contributed by atoms with van der Waals surface area (Å²) in [4.78, 5) is 10.1. The highest BCUT2D eigenvalue weighted by atomic mass is 32.2. The second kappa shape index (κ2) is 4.44. The first-order valence-corrected chi connectivity index (χ1v) is 4.86. The van der Waals surface area contributed by atoms with Gasteiger partial charge in [0, 0.05) is 11.3 Å². The summed E-state index contributed by atoms with van der Waals surface area (Å²) in [6.45, 7) is 0. The van der Waals surface area contributed by atoms with Crippen LogP contribution in [0.5, 0.6) is 0 Å². The van der Waals surface area contributed by atoms with Crippen LogP contribution in [0.25, 0.3) is 0 Å². The summed E-state index contributed by atoms with van der Waals surface area (Å²) in [6, 6.07) is 0. The Bertz CT molecular complexity index is 159. The van der Waals surface area contributed by atoms with Gasteiger partial charge in [0.2, 0.25) is 0 Å². The molecule has 2 nitrogen and oxygen atoms in total. The van der Waals surface area contributed by atoms with E-state index in [0.717, 1.165) is 6.42 Å². The molecule has 0 saturated carbocycles. The number of hydrogen-bond acceptors (Lipinski definition) is 2. The molecule has 3 heteroatoms. The lowest BCUT2D eigenvalue weighted by molar-refractivity contribution is -0.131. The van der Waals surface area contributed by atoms with Crippen LogP contribution in [-0.4, -0.2) is 22.1 Å². The Kier molecular flexibility index (Phi) is 3.49. The van der Waals surface area contributed by atoms with Crippen molar-refractivity contribution < 1.29 is 9.90 Å². The fourth-order valence-corrected chi connectivity index (χ4v) is 2.30. The van der Waals surface area contributed by atoms with Gasteiger partial charge in [0.1, 0.15) is 0 Å². The van der Waals surface area contributed by atoms with E-state index in [4.69, 9.17) is 5.11 Å². The number of rotatable bonds is 2. The van der Waals surface area contributed by atoms with E-state index in [2.05, 4.69) is 0 Å². The molecular weight excluding hydrogens is 160 g/mol. The van der Waals surface area contributed by atoms with E-state index in [1.54, 1.807) is 6.08 Å². The van der Waals surface area contributed by atoms with E-state index in [-0.39, 0.29) is 0 Å². The Balaban J connectivity index is 2.29. The summed E-state index contributed by atoms with van der Waals surface area (Å²) in [6.07, 6.45) is 6.70. The van der Waals surface area contributed by atoms with Gasteiger partial charge in [-0.2, -0.15) is 11.8 Å². The monoisotopic (exact) mass is 172 g/mol. The fraction of sp³-hybridized carbons (Fsp3) is 0.625. The molecular formula is C8H12O2S. The summed E-state index contributed by atoms with van der Waals surface area (Å²) < 4.78 is 0. The summed E-state index contributed by atoms with van der Waals surface area (Å²) in [5, 5.41) is 8.79. The molecule has 0 bridgehead atoms. The van der Waals surface area contributed by atoms with Gasteiger partial charge in [0.05, 0.1) is 0 Å². The van der Waals surface area contributed by atoms with Crippen LogP contribution in [0.1, 0.15) is 19.3 Å². The van der Waals surface area contributed by atoms with Crippen LogP contribution in [0.4, 0.5) is 0 Å². The van der Waals surface area contributed by atoms with Gasteiger partial charge in [-0.05, 0) is 18.6 Å². The third-order valence-electron chi connectivity index (χ3n) is 1.67. The molecule has 1 fully saturated rings. The van der Waals surface area contributed by atoms with Crippen LogP contribution < -0.4 is 0 Å². The van der Waals surface area contributed by atoms with Crippen LogP contribution in [0.3, 0.4) is 0 Å². The maximum atomic E-state index is 10.1. The van der Waals surface area contributed by atoms with Crippen LogP contribution in [0.15, 0.2) is 12.2 Å². The van der Waals surface area contributed by atoms with Crippen molar-refractivity contribution in [3.05, 3.63) is 12.2 Å². The number of carboxylic acids is 1. The van der Waals surface area contributed by atoms with E-state index in [9.17, 15) is 4.79 Å². The topological polar surface area (TPSA) is 37.3 Å². The van der Waals surface area contributed by atoms with Crippen molar-refractivity contribution in [2.75, 3.05) is 5.75 Å². The summed E-state index contributed by atoms with van der Waals surface area (Å²) in [5.74, 6) is 0.338. The molecule has 0 amide bonds. The minimum absolute atomic E-state index is 0.444. The number of hydrogen-bond donors (Lipinski definition) is 1. The first kappa shape index (κ1) is 8.65. The lowest BCUT2D eigenvalue weighted by Gasteiger charge is -2.16. The lowest BCUT2D eigenvalue weighted by atomic mass is 10.2. The molecule has 0 aromatic rings. The Morgan fingerprint density at radius 2 is 2.36 bits per heavy atom. The maximum absolute atomic E-state index is 10.1. The highest BCUT2D eigenvalue weighted by Crippen LogP contribution is 2.25. The first-order valence-electron chi connectivity index (χ1n) is 3.82. The van der Waals surface area contributed by atoms with Gasteiger partial charge in [-0.1, -0.05) is 12.5 Å². The van der Waals surface area contributed by atoms with Crippen LogP contribution in [0, 0.1) is 0 Å². The molecule has 0 radical (unpaired) electrons. The van der Waals surface area contributed by atoms with Crippen LogP contribution in [-0.2, 0) is 4.79 Å². The van der Waals surface area contributed by atoms with E-state index in [1.807, 2.05) is 11.8 Å². The summed E-state index contributed by atoms with van der Waals surface area (Å²) in [7, 11) is 0. The second-order valence-corrected chi connectivity index (χ2v) is 3.95. The van der Waals surface area contributed by atoms with Crippen LogP contribution in [0.2, 0.25) is 0 Å². The van der Waals surface area contributed by atoms with E-state index in [1.165, 1.54) is 24.7 Å². The minimum atomic E-state index is -0.837. The molecule has 1 unspecified atom stereocenters. The molecule has 62 valence electrons.